The van der Waals surface area contributed by atoms with Gasteiger partial charge in [0, 0.05) is 19.5 Å². The number of rotatable bonds is 6. The van der Waals surface area contributed by atoms with Crippen molar-refractivity contribution in [3.05, 3.63) is 29.8 Å². The molecule has 0 radical (unpaired) electrons. The van der Waals surface area contributed by atoms with E-state index in [1.54, 1.807) is 12.1 Å². The predicted octanol–water partition coefficient (Wildman–Crippen LogP) is 2.10. The number of carboxylic acids is 1. The summed E-state index contributed by atoms with van der Waals surface area (Å²) in [6, 6.07) is 7.23. The van der Waals surface area contributed by atoms with Crippen LogP contribution < -0.4 is 4.74 Å². The van der Waals surface area contributed by atoms with Crippen molar-refractivity contribution in [2.24, 2.45) is 0 Å². The van der Waals surface area contributed by atoms with Gasteiger partial charge in [-0.1, -0.05) is 12.1 Å². The molecule has 0 spiro atoms. The molecular formula is C16H21NO4. The van der Waals surface area contributed by atoms with Crippen molar-refractivity contribution in [1.29, 1.82) is 0 Å². The standard InChI is InChI=1S/C16H21NO4/c18-15(17-10-2-1-3-11-17)12-21-14-7-4-13(5-8-14)6-9-16(19)20/h4-5,7-8H,1-3,6,9-12H2,(H,19,20). The fourth-order valence-electron chi connectivity index (χ4n) is 2.38. The molecule has 0 bridgehead atoms. The lowest BCUT2D eigenvalue weighted by molar-refractivity contribution is -0.137. The SMILES string of the molecule is O=C(O)CCc1ccc(OCC(=O)N2CCCCC2)cc1. The molecular weight excluding hydrogens is 270 g/mol. The molecule has 1 aliphatic rings. The maximum atomic E-state index is 12.0. The number of benzene rings is 1. The molecule has 0 atom stereocenters. The number of piperidine rings is 1. The van der Waals surface area contributed by atoms with Crippen LogP contribution in [-0.4, -0.2) is 41.6 Å². The summed E-state index contributed by atoms with van der Waals surface area (Å²) in [6.45, 7) is 1.72. The summed E-state index contributed by atoms with van der Waals surface area (Å²) in [4.78, 5) is 24.3. The molecule has 0 saturated carbocycles. The van der Waals surface area contributed by atoms with E-state index in [9.17, 15) is 9.59 Å². The van der Waals surface area contributed by atoms with Gasteiger partial charge in [-0.2, -0.15) is 0 Å². The van der Waals surface area contributed by atoms with E-state index < -0.39 is 5.97 Å². The summed E-state index contributed by atoms with van der Waals surface area (Å²) < 4.78 is 5.49. The monoisotopic (exact) mass is 291 g/mol. The average Bonchev–Trinajstić information content (AvgIpc) is 2.52. The molecule has 1 N–H and O–H groups in total. The number of amides is 1. The smallest absolute Gasteiger partial charge is 0.303 e. The molecule has 5 nitrogen and oxygen atoms in total. The zero-order valence-electron chi connectivity index (χ0n) is 12.1. The molecule has 1 aromatic rings. The quantitative estimate of drug-likeness (QED) is 0.871. The van der Waals surface area contributed by atoms with Crippen LogP contribution in [0.2, 0.25) is 0 Å². The Morgan fingerprint density at radius 2 is 1.76 bits per heavy atom. The Bertz CT molecular complexity index is 478. The van der Waals surface area contributed by atoms with Crippen LogP contribution in [0.4, 0.5) is 0 Å². The lowest BCUT2D eigenvalue weighted by atomic mass is 10.1. The van der Waals surface area contributed by atoms with Gasteiger partial charge in [0.2, 0.25) is 0 Å². The molecule has 1 aliphatic heterocycles. The Kier molecular flexibility index (Phi) is 5.60. The van der Waals surface area contributed by atoms with E-state index in [-0.39, 0.29) is 18.9 Å². The van der Waals surface area contributed by atoms with Crippen LogP contribution >= 0.6 is 0 Å². The third kappa shape index (κ3) is 5.10. The van der Waals surface area contributed by atoms with Crippen molar-refractivity contribution in [1.82, 2.24) is 4.90 Å². The topological polar surface area (TPSA) is 66.8 Å². The summed E-state index contributed by atoms with van der Waals surface area (Å²) >= 11 is 0. The molecule has 0 aromatic heterocycles. The van der Waals surface area contributed by atoms with Crippen LogP contribution in [0, 0.1) is 0 Å². The van der Waals surface area contributed by atoms with Gasteiger partial charge < -0.3 is 14.7 Å². The maximum absolute atomic E-state index is 12.0. The van der Waals surface area contributed by atoms with Crippen molar-refractivity contribution in [3.8, 4) is 5.75 Å². The Hall–Kier alpha value is -2.04. The van der Waals surface area contributed by atoms with Gasteiger partial charge in [0.25, 0.3) is 5.91 Å². The molecule has 1 aromatic carbocycles. The first-order valence-electron chi connectivity index (χ1n) is 7.36. The lowest BCUT2D eigenvalue weighted by Crippen LogP contribution is -2.38. The number of ether oxygens (including phenoxy) is 1. The van der Waals surface area contributed by atoms with Gasteiger partial charge in [-0.15, -0.1) is 0 Å². The number of hydrogen-bond acceptors (Lipinski definition) is 3. The molecule has 0 aliphatic carbocycles. The summed E-state index contributed by atoms with van der Waals surface area (Å²) in [5, 5.41) is 8.63. The summed E-state index contributed by atoms with van der Waals surface area (Å²) in [7, 11) is 0. The lowest BCUT2D eigenvalue weighted by Gasteiger charge is -2.26. The van der Waals surface area contributed by atoms with Crippen LogP contribution in [0.5, 0.6) is 5.75 Å². The minimum absolute atomic E-state index is 0.0321. The molecule has 5 heteroatoms. The third-order valence-corrected chi connectivity index (χ3v) is 3.62. The fraction of sp³-hybridized carbons (Fsp3) is 0.500. The molecule has 1 heterocycles. The van der Waals surface area contributed by atoms with E-state index in [2.05, 4.69) is 0 Å². The zero-order chi connectivity index (χ0) is 15.1. The normalized spacial score (nSPS) is 14.8. The Morgan fingerprint density at radius 3 is 2.38 bits per heavy atom. The zero-order valence-corrected chi connectivity index (χ0v) is 12.1. The van der Waals surface area contributed by atoms with Crippen LogP contribution in [0.15, 0.2) is 24.3 Å². The van der Waals surface area contributed by atoms with E-state index in [1.165, 1.54) is 6.42 Å². The molecule has 1 fully saturated rings. The van der Waals surface area contributed by atoms with Crippen molar-refractivity contribution < 1.29 is 19.4 Å². The van der Waals surface area contributed by atoms with Crippen LogP contribution in [0.25, 0.3) is 0 Å². The van der Waals surface area contributed by atoms with Crippen LogP contribution in [0.3, 0.4) is 0 Å². The van der Waals surface area contributed by atoms with Gasteiger partial charge in [-0.25, -0.2) is 0 Å². The Balaban J connectivity index is 1.77. The number of carboxylic acid groups (broad SMARTS) is 1. The van der Waals surface area contributed by atoms with E-state index in [0.717, 1.165) is 31.5 Å². The summed E-state index contributed by atoms with van der Waals surface area (Å²) in [5.74, 6) is -0.133. The predicted molar refractivity (Wildman–Crippen MR) is 78.3 cm³/mol. The molecule has 114 valence electrons. The van der Waals surface area contributed by atoms with Gasteiger partial charge in [-0.3, -0.25) is 9.59 Å². The average molecular weight is 291 g/mol. The van der Waals surface area contributed by atoms with Gasteiger partial charge in [0.05, 0.1) is 0 Å². The molecule has 1 amide bonds. The highest BCUT2D eigenvalue weighted by Crippen LogP contribution is 2.14. The number of nitrogens with zero attached hydrogens (tertiary/aromatic N) is 1. The highest BCUT2D eigenvalue weighted by molar-refractivity contribution is 5.77. The van der Waals surface area contributed by atoms with Crippen molar-refractivity contribution in [2.75, 3.05) is 19.7 Å². The number of likely N-dealkylation sites (tertiary alicyclic amines) is 1. The molecule has 21 heavy (non-hydrogen) atoms. The first kappa shape index (κ1) is 15.4. The fourth-order valence-corrected chi connectivity index (χ4v) is 2.38. The van der Waals surface area contributed by atoms with Gasteiger partial charge in [-0.05, 0) is 43.4 Å². The Morgan fingerprint density at radius 1 is 1.10 bits per heavy atom. The van der Waals surface area contributed by atoms with Gasteiger partial charge >= 0.3 is 5.97 Å². The minimum atomic E-state index is -0.803. The van der Waals surface area contributed by atoms with Crippen molar-refractivity contribution in [2.45, 2.75) is 32.1 Å². The number of aryl methyl sites for hydroxylation is 1. The second-order valence-corrected chi connectivity index (χ2v) is 5.27. The van der Waals surface area contributed by atoms with Gasteiger partial charge in [0.1, 0.15) is 5.75 Å². The van der Waals surface area contributed by atoms with E-state index >= 15 is 0 Å². The highest BCUT2D eigenvalue weighted by Gasteiger charge is 2.16. The van der Waals surface area contributed by atoms with E-state index in [4.69, 9.17) is 9.84 Å². The second-order valence-electron chi connectivity index (χ2n) is 5.27. The number of carbonyl (C=O) groups excluding carboxylic acids is 1. The van der Waals surface area contributed by atoms with Crippen molar-refractivity contribution in [3.63, 3.8) is 0 Å². The molecule has 0 unspecified atom stereocenters. The van der Waals surface area contributed by atoms with E-state index in [1.807, 2.05) is 17.0 Å². The van der Waals surface area contributed by atoms with Crippen molar-refractivity contribution >= 4 is 11.9 Å². The number of aliphatic carboxylic acids is 1. The maximum Gasteiger partial charge on any atom is 0.303 e. The summed E-state index contributed by atoms with van der Waals surface area (Å²) in [5.41, 5.74) is 0.951. The number of carbonyl (C=O) groups is 2. The first-order chi connectivity index (χ1) is 10.1. The summed E-state index contributed by atoms with van der Waals surface area (Å²) in [6.07, 6.45) is 3.96. The largest absolute Gasteiger partial charge is 0.484 e. The number of hydrogen-bond donors (Lipinski definition) is 1. The highest BCUT2D eigenvalue weighted by atomic mass is 16.5. The van der Waals surface area contributed by atoms with Crippen LogP contribution in [-0.2, 0) is 16.0 Å². The van der Waals surface area contributed by atoms with Gasteiger partial charge in [0.15, 0.2) is 6.61 Å². The van der Waals surface area contributed by atoms with E-state index in [0.29, 0.717) is 12.2 Å². The second kappa shape index (κ2) is 7.67. The Labute approximate surface area is 124 Å². The molecule has 2 rings (SSSR count). The minimum Gasteiger partial charge on any atom is -0.484 e. The first-order valence-corrected chi connectivity index (χ1v) is 7.36. The third-order valence-electron chi connectivity index (χ3n) is 3.62. The molecule has 1 saturated heterocycles. The van der Waals surface area contributed by atoms with Crippen LogP contribution in [0.1, 0.15) is 31.2 Å².